The minimum Gasteiger partial charge on any atom is -0.293 e. The van der Waals surface area contributed by atoms with Crippen molar-refractivity contribution >= 4 is 22.8 Å². The van der Waals surface area contributed by atoms with Gasteiger partial charge in [0.25, 0.3) is 5.69 Å². The highest BCUT2D eigenvalue weighted by atomic mass is 16.6. The summed E-state index contributed by atoms with van der Waals surface area (Å²) in [6.07, 6.45) is 1.09. The Morgan fingerprint density at radius 3 is 2.19 bits per heavy atom. The summed E-state index contributed by atoms with van der Waals surface area (Å²) in [6.45, 7) is 7.06. The van der Waals surface area contributed by atoms with Gasteiger partial charge in [0.1, 0.15) is 6.04 Å². The zero-order chi connectivity index (χ0) is 16.2. The molecule has 110 valence electrons. The molecule has 0 aromatic heterocycles. The molecule has 21 heavy (non-hydrogen) atoms. The van der Waals surface area contributed by atoms with E-state index >= 15 is 0 Å². The summed E-state index contributed by atoms with van der Waals surface area (Å²) in [6, 6.07) is 4.44. The molecule has 1 rings (SSSR count). The van der Waals surface area contributed by atoms with Crippen molar-refractivity contribution in [1.29, 1.82) is 0 Å². The molecule has 0 amide bonds. The van der Waals surface area contributed by atoms with Crippen molar-refractivity contribution in [1.82, 2.24) is 4.90 Å². The van der Waals surface area contributed by atoms with Crippen LogP contribution in [0.15, 0.2) is 43.5 Å². The fourth-order valence-electron chi connectivity index (χ4n) is 1.82. The van der Waals surface area contributed by atoms with Gasteiger partial charge in [0.15, 0.2) is 11.6 Å². The smallest absolute Gasteiger partial charge is 0.269 e. The van der Waals surface area contributed by atoms with Crippen LogP contribution >= 0.6 is 0 Å². The summed E-state index contributed by atoms with van der Waals surface area (Å²) in [7, 11) is 3.21. The number of rotatable bonds is 7. The van der Waals surface area contributed by atoms with E-state index in [1.54, 1.807) is 14.1 Å². The molecule has 1 aromatic carbocycles. The fraction of sp³-hybridized carbons (Fsp3) is 0.200. The van der Waals surface area contributed by atoms with Crippen LogP contribution in [-0.2, 0) is 9.59 Å². The number of benzene rings is 1. The Kier molecular flexibility index (Phi) is 5.26. The Morgan fingerprint density at radius 1 is 1.29 bits per heavy atom. The lowest BCUT2D eigenvalue weighted by molar-refractivity contribution is -0.384. The first-order chi connectivity index (χ1) is 9.79. The lowest BCUT2D eigenvalue weighted by atomic mass is 9.95. The molecule has 0 fully saturated rings. The van der Waals surface area contributed by atoms with E-state index in [1.807, 2.05) is 0 Å². The number of nitro groups is 1. The van der Waals surface area contributed by atoms with Gasteiger partial charge in [-0.15, -0.1) is 0 Å². The maximum absolute atomic E-state index is 12.4. The zero-order valence-electron chi connectivity index (χ0n) is 11.9. The Bertz CT molecular complexity index is 603. The van der Waals surface area contributed by atoms with Gasteiger partial charge in [0, 0.05) is 17.7 Å². The van der Waals surface area contributed by atoms with E-state index in [2.05, 4.69) is 13.2 Å². The number of likely N-dealkylation sites (N-methyl/N-ethyl adjacent to an activating group) is 1. The molecule has 0 saturated carbocycles. The minimum atomic E-state index is -0.995. The second kappa shape index (κ2) is 6.71. The molecular formula is C15H16N2O4. The maximum Gasteiger partial charge on any atom is 0.269 e. The average Bonchev–Trinajstić information content (AvgIpc) is 2.45. The summed E-state index contributed by atoms with van der Waals surface area (Å²) < 4.78 is 0. The first-order valence-corrected chi connectivity index (χ1v) is 6.10. The summed E-state index contributed by atoms with van der Waals surface area (Å²) in [4.78, 5) is 35.7. The maximum atomic E-state index is 12.4. The topological polar surface area (TPSA) is 80.5 Å². The van der Waals surface area contributed by atoms with Gasteiger partial charge in [-0.3, -0.25) is 24.6 Å². The van der Waals surface area contributed by atoms with E-state index in [-0.39, 0.29) is 11.3 Å². The molecule has 6 nitrogen and oxygen atoms in total. The van der Waals surface area contributed by atoms with E-state index in [4.69, 9.17) is 0 Å². The summed E-state index contributed by atoms with van der Waals surface area (Å²) >= 11 is 0. The lowest BCUT2D eigenvalue weighted by Gasteiger charge is -2.21. The predicted octanol–water partition coefficient (Wildman–Crippen LogP) is 1.86. The molecule has 1 atom stereocenters. The number of ketones is 2. The second-order valence-electron chi connectivity index (χ2n) is 4.62. The van der Waals surface area contributed by atoms with Gasteiger partial charge < -0.3 is 0 Å². The van der Waals surface area contributed by atoms with Gasteiger partial charge in [0.2, 0.25) is 0 Å². The molecule has 6 heteroatoms. The highest BCUT2D eigenvalue weighted by molar-refractivity contribution is 6.30. The Labute approximate surface area is 122 Å². The number of carbonyl (C=O) groups excluding carboxylic acids is 2. The lowest BCUT2D eigenvalue weighted by Crippen LogP contribution is -2.42. The Balaban J connectivity index is 3.05. The van der Waals surface area contributed by atoms with E-state index < -0.39 is 22.5 Å². The van der Waals surface area contributed by atoms with Crippen molar-refractivity contribution in [3.8, 4) is 0 Å². The molecule has 0 bridgehead atoms. The number of nitrogens with zero attached hydrogens (tertiary/aromatic N) is 2. The molecule has 0 heterocycles. The third-order valence-corrected chi connectivity index (χ3v) is 2.96. The molecule has 0 saturated heterocycles. The summed E-state index contributed by atoms with van der Waals surface area (Å²) in [5.74, 6) is -0.883. The molecule has 0 aliphatic carbocycles. The van der Waals surface area contributed by atoms with Crippen molar-refractivity contribution in [3.63, 3.8) is 0 Å². The standard InChI is InChI=1S/C15H16N2O4/c1-5-13(18)14(16(3)4)15(19)10(2)11-6-8-12(9-7-11)17(20)21/h5-9,14H,1-2H2,3-4H3. The van der Waals surface area contributed by atoms with Crippen LogP contribution in [0.25, 0.3) is 5.57 Å². The van der Waals surface area contributed by atoms with Crippen LogP contribution in [0.4, 0.5) is 5.69 Å². The van der Waals surface area contributed by atoms with E-state index in [1.165, 1.54) is 29.2 Å². The second-order valence-corrected chi connectivity index (χ2v) is 4.62. The van der Waals surface area contributed by atoms with E-state index in [0.29, 0.717) is 5.56 Å². The Hall–Kier alpha value is -2.60. The molecule has 0 N–H and O–H groups in total. The number of nitro benzene ring substituents is 1. The van der Waals surface area contributed by atoms with Crippen molar-refractivity contribution < 1.29 is 14.5 Å². The molecule has 0 aliphatic heterocycles. The zero-order valence-corrected chi connectivity index (χ0v) is 11.9. The van der Waals surface area contributed by atoms with Gasteiger partial charge in [-0.2, -0.15) is 0 Å². The molecule has 1 unspecified atom stereocenters. The van der Waals surface area contributed by atoms with Gasteiger partial charge in [-0.25, -0.2) is 0 Å². The molecular weight excluding hydrogens is 272 g/mol. The first kappa shape index (κ1) is 16.5. The van der Waals surface area contributed by atoms with Gasteiger partial charge in [0.05, 0.1) is 4.92 Å². The third-order valence-electron chi connectivity index (χ3n) is 2.96. The van der Waals surface area contributed by atoms with Gasteiger partial charge in [-0.05, 0) is 37.9 Å². The Morgan fingerprint density at radius 2 is 1.81 bits per heavy atom. The first-order valence-electron chi connectivity index (χ1n) is 6.10. The molecule has 0 aliphatic rings. The molecule has 0 radical (unpaired) electrons. The van der Waals surface area contributed by atoms with Crippen LogP contribution in [0.5, 0.6) is 0 Å². The highest BCUT2D eigenvalue weighted by Crippen LogP contribution is 2.20. The fourth-order valence-corrected chi connectivity index (χ4v) is 1.82. The minimum absolute atomic E-state index is 0.0784. The summed E-state index contributed by atoms with van der Waals surface area (Å²) in [5, 5.41) is 10.6. The van der Waals surface area contributed by atoms with Crippen LogP contribution in [0, 0.1) is 10.1 Å². The SMILES string of the molecule is C=CC(=O)C(C(=O)C(=C)c1ccc([N+](=O)[O-])cc1)N(C)C. The normalized spacial score (nSPS) is 11.8. The third kappa shape index (κ3) is 3.70. The quantitative estimate of drug-likeness (QED) is 0.331. The van der Waals surface area contributed by atoms with Crippen molar-refractivity contribution in [3.05, 3.63) is 59.2 Å². The summed E-state index contributed by atoms with van der Waals surface area (Å²) in [5.41, 5.74) is 0.485. The van der Waals surface area contributed by atoms with Crippen LogP contribution in [0.3, 0.4) is 0 Å². The van der Waals surface area contributed by atoms with Crippen LogP contribution in [-0.4, -0.2) is 41.5 Å². The van der Waals surface area contributed by atoms with Crippen LogP contribution in [0.2, 0.25) is 0 Å². The molecule has 0 spiro atoms. The number of Topliss-reactive ketones (excluding diaryl/α,β-unsaturated/α-hetero) is 1. The molecule has 1 aromatic rings. The van der Waals surface area contributed by atoms with E-state index in [0.717, 1.165) is 6.08 Å². The van der Waals surface area contributed by atoms with Crippen molar-refractivity contribution in [2.75, 3.05) is 14.1 Å². The average molecular weight is 288 g/mol. The highest BCUT2D eigenvalue weighted by Gasteiger charge is 2.28. The largest absolute Gasteiger partial charge is 0.293 e. The van der Waals surface area contributed by atoms with E-state index in [9.17, 15) is 19.7 Å². The van der Waals surface area contributed by atoms with Crippen molar-refractivity contribution in [2.45, 2.75) is 6.04 Å². The predicted molar refractivity (Wildman–Crippen MR) is 79.8 cm³/mol. The van der Waals surface area contributed by atoms with Crippen LogP contribution < -0.4 is 0 Å². The number of non-ortho nitro benzene ring substituents is 1. The monoisotopic (exact) mass is 288 g/mol. The number of hydrogen-bond acceptors (Lipinski definition) is 5. The number of carbonyl (C=O) groups is 2. The number of hydrogen-bond donors (Lipinski definition) is 0. The van der Waals surface area contributed by atoms with Crippen LogP contribution in [0.1, 0.15) is 5.56 Å². The van der Waals surface area contributed by atoms with Gasteiger partial charge >= 0.3 is 0 Å². The van der Waals surface area contributed by atoms with Gasteiger partial charge in [-0.1, -0.05) is 13.2 Å². The van der Waals surface area contributed by atoms with Crippen molar-refractivity contribution in [2.24, 2.45) is 0 Å².